The molecule has 2 aliphatic rings. The highest BCUT2D eigenvalue weighted by molar-refractivity contribution is 14.1. The summed E-state index contributed by atoms with van der Waals surface area (Å²) in [7, 11) is 2.86. The number of fused-ring (bicyclic) bond motifs is 2. The molecule has 2 aromatic carbocycles. The van der Waals surface area contributed by atoms with Crippen LogP contribution in [0.15, 0.2) is 6.07 Å². The van der Waals surface area contributed by atoms with Gasteiger partial charge in [-0.15, -0.1) is 0 Å². The number of hydrogen-bond donors (Lipinski definition) is 0. The zero-order chi connectivity index (χ0) is 31.4. The van der Waals surface area contributed by atoms with Gasteiger partial charge < -0.3 is 28.4 Å². The second-order valence-electron chi connectivity index (χ2n) is 10.7. The Bertz CT molecular complexity index is 1180. The lowest BCUT2D eigenvalue weighted by molar-refractivity contribution is 0.0464. The molecule has 4 rings (SSSR count). The lowest BCUT2D eigenvalue weighted by Gasteiger charge is -2.28. The normalized spacial score (nSPS) is 17.1. The van der Waals surface area contributed by atoms with Crippen LogP contribution < -0.4 is 18.9 Å². The summed E-state index contributed by atoms with van der Waals surface area (Å²) in [6.45, 7) is 4.03. The van der Waals surface area contributed by atoms with Crippen molar-refractivity contribution in [1.29, 1.82) is 0 Å². The van der Waals surface area contributed by atoms with Crippen LogP contribution in [0.5, 0.6) is 23.0 Å². The number of benzene rings is 2. The van der Waals surface area contributed by atoms with Gasteiger partial charge >= 0.3 is 0 Å². The molecule has 0 spiro atoms. The number of hydrogen-bond acceptors (Lipinski definition) is 6. The van der Waals surface area contributed by atoms with E-state index in [-0.39, 0.29) is 48.8 Å². The molecule has 2 atom stereocenters. The minimum atomic E-state index is -1.01. The summed E-state index contributed by atoms with van der Waals surface area (Å²) in [4.78, 5) is 0. The van der Waals surface area contributed by atoms with Crippen molar-refractivity contribution in [3.8, 4) is 23.0 Å². The maximum Gasteiger partial charge on any atom is 0.205 e. The van der Waals surface area contributed by atoms with Crippen LogP contribution in [0.25, 0.3) is 0 Å². The molecule has 242 valence electrons. The average Bonchev–Trinajstić information content (AvgIpc) is 3.02. The van der Waals surface area contributed by atoms with E-state index in [1.54, 1.807) is 0 Å². The molecule has 0 bridgehead atoms. The summed E-state index contributed by atoms with van der Waals surface area (Å²) in [5.41, 5.74) is 1.35. The third-order valence-electron chi connectivity index (χ3n) is 7.47. The third-order valence-corrected chi connectivity index (χ3v) is 8.61. The van der Waals surface area contributed by atoms with Crippen LogP contribution in [0.1, 0.15) is 89.2 Å². The van der Waals surface area contributed by atoms with Crippen LogP contribution in [0.2, 0.25) is 0 Å². The topological polar surface area (TPSA) is 55.4 Å². The van der Waals surface area contributed by atoms with Crippen molar-refractivity contribution >= 4 is 22.6 Å². The Morgan fingerprint density at radius 1 is 0.744 bits per heavy atom. The molecule has 0 saturated carbocycles. The Labute approximate surface area is 265 Å². The average molecular weight is 727 g/mol. The van der Waals surface area contributed by atoms with Crippen LogP contribution in [-0.4, -0.2) is 40.0 Å². The summed E-state index contributed by atoms with van der Waals surface area (Å²) in [6.07, 6.45) is 11.3. The first-order valence-electron chi connectivity index (χ1n) is 15.0. The van der Waals surface area contributed by atoms with Gasteiger partial charge in [-0.25, -0.2) is 0 Å². The summed E-state index contributed by atoms with van der Waals surface area (Å²) in [5.74, 6) is -4.05. The van der Waals surface area contributed by atoms with Gasteiger partial charge in [0.2, 0.25) is 23.3 Å². The fourth-order valence-electron chi connectivity index (χ4n) is 5.16. The molecule has 2 heterocycles. The molecule has 11 heteroatoms. The predicted octanol–water partition coefficient (Wildman–Crippen LogP) is 9.05. The van der Waals surface area contributed by atoms with Crippen molar-refractivity contribution in [1.82, 2.24) is 0 Å². The largest absolute Gasteiger partial charge is 0.487 e. The van der Waals surface area contributed by atoms with Gasteiger partial charge in [0.05, 0.1) is 15.8 Å². The highest BCUT2D eigenvalue weighted by Gasteiger charge is 2.31. The van der Waals surface area contributed by atoms with E-state index in [4.69, 9.17) is 28.4 Å². The molecule has 0 aromatic heterocycles. The number of ether oxygens (including phenoxy) is 6. The molecule has 0 saturated heterocycles. The van der Waals surface area contributed by atoms with Crippen molar-refractivity contribution in [2.75, 3.05) is 27.8 Å². The Hall–Kier alpha value is -1.99. The van der Waals surface area contributed by atoms with Gasteiger partial charge in [0.15, 0.2) is 36.6 Å². The van der Waals surface area contributed by atoms with E-state index < -0.39 is 23.3 Å². The molecule has 0 aliphatic carbocycles. The molecule has 0 fully saturated rings. The van der Waals surface area contributed by atoms with Crippen LogP contribution in [-0.2, 0) is 22.3 Å². The van der Waals surface area contributed by atoms with E-state index in [1.165, 1.54) is 20.3 Å². The lowest BCUT2D eigenvalue weighted by atomic mass is 9.98. The maximum absolute atomic E-state index is 14.3. The van der Waals surface area contributed by atoms with Crippen LogP contribution >= 0.6 is 22.6 Å². The Morgan fingerprint density at radius 2 is 1.30 bits per heavy atom. The Morgan fingerprint density at radius 3 is 1.91 bits per heavy atom. The van der Waals surface area contributed by atoms with Crippen LogP contribution in [0.4, 0.5) is 17.6 Å². The molecule has 2 unspecified atom stereocenters. The van der Waals surface area contributed by atoms with E-state index in [0.717, 1.165) is 64.2 Å². The fourth-order valence-corrected chi connectivity index (χ4v) is 6.06. The van der Waals surface area contributed by atoms with Crippen LogP contribution in [0.3, 0.4) is 0 Å². The predicted molar refractivity (Wildman–Crippen MR) is 164 cm³/mol. The van der Waals surface area contributed by atoms with Crippen molar-refractivity contribution in [2.45, 2.75) is 103 Å². The maximum atomic E-state index is 14.3. The number of unbranched alkanes of at least 4 members (excludes halogenated alkanes) is 4. The summed E-state index contributed by atoms with van der Waals surface area (Å²) < 4.78 is 88.1. The number of methoxy groups -OCH3 is 2. The minimum absolute atomic E-state index is 0.0244. The van der Waals surface area contributed by atoms with E-state index >= 15 is 0 Å². The second-order valence-corrected chi connectivity index (χ2v) is 11.8. The molecule has 2 aromatic rings. The molecule has 0 amide bonds. The van der Waals surface area contributed by atoms with Crippen molar-refractivity contribution in [3.05, 3.63) is 44.0 Å². The van der Waals surface area contributed by atoms with Crippen molar-refractivity contribution in [2.24, 2.45) is 0 Å². The van der Waals surface area contributed by atoms with E-state index in [0.29, 0.717) is 27.5 Å². The SMILES string of the molecule is CCCCCC1CCc2c(I)c(OCOC)c(F)c(F)c2O1.CCCCCC1CCc2cc(OCOC)c(F)c(F)c2O1. The zero-order valence-corrected chi connectivity index (χ0v) is 27.6. The standard InChI is InChI=1S/C16H21F2IO3.C16H22F2O3/c1-3-4-5-6-10-7-8-11-14(19)16(21-9-20-2)13(18)12(17)15(11)22-10;1-3-4-5-6-12-8-7-11-9-13(20-10-19-2)14(17)15(18)16(11)21-12/h10H,3-9H2,1-2H3;9,12H,3-8,10H2,1-2H3. The first-order valence-corrected chi connectivity index (χ1v) is 16.1. The highest BCUT2D eigenvalue weighted by atomic mass is 127. The van der Waals surface area contributed by atoms with Gasteiger partial charge in [-0.3, -0.25) is 0 Å². The summed E-state index contributed by atoms with van der Waals surface area (Å²) in [6, 6.07) is 1.51. The van der Waals surface area contributed by atoms with Crippen LogP contribution in [0, 0.1) is 26.8 Å². The molecule has 0 radical (unpaired) electrons. The molecule has 2 aliphatic heterocycles. The zero-order valence-electron chi connectivity index (χ0n) is 25.5. The first kappa shape index (κ1) is 35.5. The third kappa shape index (κ3) is 9.50. The minimum Gasteiger partial charge on any atom is -0.487 e. The van der Waals surface area contributed by atoms with Gasteiger partial charge in [-0.1, -0.05) is 39.5 Å². The van der Waals surface area contributed by atoms with Gasteiger partial charge in [0.1, 0.15) is 0 Å². The molecule has 6 nitrogen and oxygen atoms in total. The summed E-state index contributed by atoms with van der Waals surface area (Å²) in [5, 5.41) is 0. The van der Waals surface area contributed by atoms with Gasteiger partial charge in [-0.05, 0) is 80.0 Å². The lowest BCUT2D eigenvalue weighted by Crippen LogP contribution is -2.25. The number of aryl methyl sites for hydroxylation is 1. The molecular formula is C32H43F4IO6. The van der Waals surface area contributed by atoms with Gasteiger partial charge in [0.25, 0.3) is 0 Å². The van der Waals surface area contributed by atoms with E-state index in [1.807, 2.05) is 22.6 Å². The second kappa shape index (κ2) is 18.1. The van der Waals surface area contributed by atoms with E-state index in [9.17, 15) is 17.6 Å². The van der Waals surface area contributed by atoms with E-state index in [2.05, 4.69) is 13.8 Å². The Balaban J connectivity index is 0.000000236. The van der Waals surface area contributed by atoms with Gasteiger partial charge in [-0.2, -0.15) is 17.6 Å². The molecule has 0 N–H and O–H groups in total. The quantitative estimate of drug-likeness (QED) is 0.0637. The van der Waals surface area contributed by atoms with Crippen molar-refractivity contribution < 1.29 is 46.0 Å². The smallest absolute Gasteiger partial charge is 0.205 e. The number of rotatable bonds is 14. The summed E-state index contributed by atoms with van der Waals surface area (Å²) >= 11 is 1.98. The fraction of sp³-hybridized carbons (Fsp3) is 0.625. The Kier molecular flexibility index (Phi) is 14.9. The van der Waals surface area contributed by atoms with Crippen molar-refractivity contribution in [3.63, 3.8) is 0 Å². The monoisotopic (exact) mass is 726 g/mol. The first-order chi connectivity index (χ1) is 20.8. The van der Waals surface area contributed by atoms with Gasteiger partial charge in [0, 0.05) is 25.3 Å². The molecular weight excluding hydrogens is 683 g/mol. The molecule has 43 heavy (non-hydrogen) atoms. The number of halogens is 5. The highest BCUT2D eigenvalue weighted by Crippen LogP contribution is 2.42.